The summed E-state index contributed by atoms with van der Waals surface area (Å²) in [6, 6.07) is 0.126. The quantitative estimate of drug-likeness (QED) is 0.512. The molecule has 0 aromatic carbocycles. The Morgan fingerprint density at radius 2 is 1.95 bits per heavy atom. The van der Waals surface area contributed by atoms with E-state index in [2.05, 4.69) is 19.8 Å². The zero-order valence-electron chi connectivity index (χ0n) is 22.4. The Morgan fingerprint density at radius 3 is 2.68 bits per heavy atom. The highest BCUT2D eigenvalue weighted by atomic mass is 35.5. The van der Waals surface area contributed by atoms with Crippen molar-refractivity contribution in [3.63, 3.8) is 0 Å². The van der Waals surface area contributed by atoms with Gasteiger partial charge in [-0.3, -0.25) is 4.90 Å². The van der Waals surface area contributed by atoms with Crippen LogP contribution < -0.4 is 9.64 Å². The molecule has 2 bridgehead atoms. The Hall–Kier alpha value is -2.46. The van der Waals surface area contributed by atoms with E-state index in [9.17, 15) is 4.79 Å². The first-order valence-electron chi connectivity index (χ1n) is 13.8. The average Bonchev–Trinajstić information content (AvgIpc) is 3.50. The van der Waals surface area contributed by atoms with E-state index in [0.717, 1.165) is 58.2 Å². The molecule has 2 aromatic heterocycles. The van der Waals surface area contributed by atoms with Gasteiger partial charge in [0.25, 0.3) is 0 Å². The van der Waals surface area contributed by atoms with Gasteiger partial charge in [0.2, 0.25) is 0 Å². The Morgan fingerprint density at radius 1 is 1.18 bits per heavy atom. The van der Waals surface area contributed by atoms with Gasteiger partial charge in [-0.2, -0.15) is 9.97 Å². The molecule has 38 heavy (non-hydrogen) atoms. The van der Waals surface area contributed by atoms with Crippen molar-refractivity contribution >= 4 is 34.4 Å². The first-order valence-corrected chi connectivity index (χ1v) is 14.1. The van der Waals surface area contributed by atoms with Crippen LogP contribution in [0.1, 0.15) is 59.3 Å². The first kappa shape index (κ1) is 25.8. The van der Waals surface area contributed by atoms with Crippen molar-refractivity contribution in [1.82, 2.24) is 24.8 Å². The van der Waals surface area contributed by atoms with Gasteiger partial charge in [-0.15, -0.1) is 0 Å². The largest absolute Gasteiger partial charge is 0.461 e. The molecule has 6 rings (SSSR count). The van der Waals surface area contributed by atoms with Crippen molar-refractivity contribution in [2.45, 2.75) is 76.5 Å². The second kappa shape index (κ2) is 9.62. The Balaban J connectivity index is 1.30. The third kappa shape index (κ3) is 4.74. The number of hydrogen-bond acceptors (Lipinski definition) is 8. The molecule has 2 atom stereocenters. The first-order chi connectivity index (χ1) is 18.1. The van der Waals surface area contributed by atoms with E-state index in [1.165, 1.54) is 6.20 Å². The van der Waals surface area contributed by atoms with Gasteiger partial charge in [0.05, 0.1) is 17.0 Å². The number of fused-ring (bicyclic) bond motifs is 4. The molecule has 4 aliphatic rings. The topological polar surface area (TPSA) is 83.9 Å². The van der Waals surface area contributed by atoms with Crippen LogP contribution in [-0.4, -0.2) is 87.4 Å². The smallest absolute Gasteiger partial charge is 0.410 e. The molecule has 11 heteroatoms. The van der Waals surface area contributed by atoms with Crippen LogP contribution in [0.15, 0.2) is 6.20 Å². The second-order valence-electron chi connectivity index (χ2n) is 12.3. The number of anilines is 1. The number of hydrogen-bond donors (Lipinski definition) is 0. The zero-order valence-corrected chi connectivity index (χ0v) is 23.1. The summed E-state index contributed by atoms with van der Waals surface area (Å²) in [5.41, 5.74) is -0.437. The van der Waals surface area contributed by atoms with Crippen LogP contribution >= 0.6 is 11.6 Å². The maximum atomic E-state index is 15.2. The fourth-order valence-corrected chi connectivity index (χ4v) is 6.92. The molecule has 0 radical (unpaired) electrons. The monoisotopic (exact) mass is 546 g/mol. The van der Waals surface area contributed by atoms with Gasteiger partial charge in [-0.05, 0) is 78.3 Å². The van der Waals surface area contributed by atoms with Gasteiger partial charge >= 0.3 is 12.1 Å². The van der Waals surface area contributed by atoms with Crippen molar-refractivity contribution in [1.29, 1.82) is 0 Å². The molecule has 0 aliphatic carbocycles. The molecule has 9 nitrogen and oxygen atoms in total. The molecule has 206 valence electrons. The van der Waals surface area contributed by atoms with Crippen LogP contribution in [0.3, 0.4) is 0 Å². The van der Waals surface area contributed by atoms with Crippen LogP contribution in [0.2, 0.25) is 5.15 Å². The van der Waals surface area contributed by atoms with E-state index in [1.807, 2.05) is 25.7 Å². The van der Waals surface area contributed by atoms with E-state index < -0.39 is 11.4 Å². The highest BCUT2D eigenvalue weighted by Crippen LogP contribution is 2.40. The lowest BCUT2D eigenvalue weighted by Crippen LogP contribution is -2.46. The molecule has 4 fully saturated rings. The molecule has 6 heterocycles. The summed E-state index contributed by atoms with van der Waals surface area (Å²) in [6.45, 7) is 10.3. The van der Waals surface area contributed by atoms with E-state index in [1.54, 1.807) is 0 Å². The summed E-state index contributed by atoms with van der Waals surface area (Å²) < 4.78 is 27.1. The van der Waals surface area contributed by atoms with Crippen LogP contribution in [0, 0.1) is 11.7 Å². The molecule has 4 saturated heterocycles. The van der Waals surface area contributed by atoms with Gasteiger partial charge in [0.1, 0.15) is 23.5 Å². The lowest BCUT2D eigenvalue weighted by atomic mass is 9.95. The number of likely N-dealkylation sites (tertiary alicyclic amines) is 1. The average molecular weight is 547 g/mol. The van der Waals surface area contributed by atoms with E-state index >= 15 is 4.39 Å². The summed E-state index contributed by atoms with van der Waals surface area (Å²) in [4.78, 5) is 32.7. The third-order valence-electron chi connectivity index (χ3n) is 8.55. The minimum atomic E-state index is -0.675. The normalized spacial score (nSPS) is 25.1. The lowest BCUT2D eigenvalue weighted by molar-refractivity contribution is 0.0221. The molecule has 4 aliphatic heterocycles. The summed E-state index contributed by atoms with van der Waals surface area (Å²) in [5, 5.41) is 0.262. The standard InChI is InChI=1S/C27H36ClFN6O3/c1-26(2,3)38-25(36)35-14-17-6-11-33(15-18(35)12-17)23-19-13-30-22(28)20(29)21(19)31-24(32-23)37-16-27-7-4-9-34(27)10-5-8-27/h13,17-18H,4-12,14-16H2,1-3H3. The number of halogens is 2. The molecule has 1 amide bonds. The number of carbonyl (C=O) groups is 1. The van der Waals surface area contributed by atoms with Crippen molar-refractivity contribution in [3.05, 3.63) is 17.2 Å². The Kier molecular flexibility index (Phi) is 6.53. The van der Waals surface area contributed by atoms with Gasteiger partial charge in [-0.1, -0.05) is 11.6 Å². The van der Waals surface area contributed by atoms with Gasteiger partial charge < -0.3 is 19.3 Å². The number of pyridine rings is 1. The van der Waals surface area contributed by atoms with E-state index in [4.69, 9.17) is 26.1 Å². The van der Waals surface area contributed by atoms with Gasteiger partial charge in [-0.25, -0.2) is 14.2 Å². The molecule has 0 N–H and O–H groups in total. The minimum Gasteiger partial charge on any atom is -0.461 e. The number of aromatic nitrogens is 3. The van der Waals surface area contributed by atoms with Crippen molar-refractivity contribution < 1.29 is 18.7 Å². The number of amides is 1. The van der Waals surface area contributed by atoms with Crippen molar-refractivity contribution in [2.75, 3.05) is 44.2 Å². The SMILES string of the molecule is CC(C)(C)OC(=O)N1CC2CCN(c3nc(OCC45CCCN4CCC5)nc4c(F)c(Cl)ncc34)CC1C2. The maximum absolute atomic E-state index is 15.2. The fourth-order valence-electron chi connectivity index (χ4n) is 6.78. The molecule has 2 unspecified atom stereocenters. The predicted octanol–water partition coefficient (Wildman–Crippen LogP) is 4.66. The van der Waals surface area contributed by atoms with Crippen molar-refractivity contribution in [3.8, 4) is 6.01 Å². The summed E-state index contributed by atoms with van der Waals surface area (Å²) >= 11 is 6.05. The Bertz CT molecular complexity index is 1230. The third-order valence-corrected chi connectivity index (χ3v) is 8.81. The highest BCUT2D eigenvalue weighted by Gasteiger charge is 2.45. The second-order valence-corrected chi connectivity index (χ2v) is 12.6. The van der Waals surface area contributed by atoms with E-state index in [-0.39, 0.29) is 34.4 Å². The molecule has 2 aromatic rings. The van der Waals surface area contributed by atoms with Crippen LogP contribution in [0.4, 0.5) is 15.0 Å². The summed E-state index contributed by atoms with van der Waals surface area (Å²) in [6.07, 6.45) is 7.53. The van der Waals surface area contributed by atoms with Crippen LogP contribution in [0.25, 0.3) is 10.9 Å². The predicted molar refractivity (Wildman–Crippen MR) is 142 cm³/mol. The molecular formula is C27H36ClFN6O3. The maximum Gasteiger partial charge on any atom is 0.410 e. The molecule has 0 saturated carbocycles. The summed E-state index contributed by atoms with van der Waals surface area (Å²) in [5.74, 6) is 0.267. The lowest BCUT2D eigenvalue weighted by Gasteiger charge is -2.34. The van der Waals surface area contributed by atoms with Gasteiger partial charge in [0.15, 0.2) is 11.0 Å². The minimum absolute atomic E-state index is 0.0165. The fraction of sp³-hybridized carbons (Fsp3) is 0.704. The van der Waals surface area contributed by atoms with Crippen molar-refractivity contribution in [2.24, 2.45) is 5.92 Å². The number of rotatable bonds is 4. The highest BCUT2D eigenvalue weighted by molar-refractivity contribution is 6.30. The number of nitrogens with zero attached hydrogens (tertiary/aromatic N) is 6. The zero-order chi connectivity index (χ0) is 26.7. The molecule has 0 spiro atoms. The van der Waals surface area contributed by atoms with Crippen LogP contribution in [0.5, 0.6) is 6.01 Å². The van der Waals surface area contributed by atoms with E-state index in [0.29, 0.717) is 36.8 Å². The number of ether oxygens (including phenoxy) is 2. The Labute approximate surface area is 227 Å². The number of carbonyl (C=O) groups excluding carboxylic acids is 1. The van der Waals surface area contributed by atoms with Crippen LogP contribution in [-0.2, 0) is 4.74 Å². The molecular weight excluding hydrogens is 511 g/mol. The van der Waals surface area contributed by atoms with Gasteiger partial charge in [0, 0.05) is 25.8 Å². The summed E-state index contributed by atoms with van der Waals surface area (Å²) in [7, 11) is 0.